The van der Waals surface area contributed by atoms with Gasteiger partial charge in [-0.1, -0.05) is 17.7 Å². The van der Waals surface area contributed by atoms with Crippen molar-refractivity contribution >= 4 is 17.6 Å². The molecule has 3 amide bonds. The molecule has 0 aliphatic carbocycles. The Morgan fingerprint density at radius 3 is 2.80 bits per heavy atom. The Labute approximate surface area is 119 Å². The number of hydrogen-bond acceptors (Lipinski definition) is 3. The van der Waals surface area contributed by atoms with E-state index in [4.69, 9.17) is 0 Å². The first-order chi connectivity index (χ1) is 9.52. The molecule has 1 aromatic carbocycles. The molecule has 5 nitrogen and oxygen atoms in total. The molecule has 108 valence electrons. The Morgan fingerprint density at radius 1 is 1.35 bits per heavy atom. The number of amides is 3. The zero-order valence-corrected chi connectivity index (χ0v) is 12.2. The summed E-state index contributed by atoms with van der Waals surface area (Å²) < 4.78 is 0. The molecule has 0 spiro atoms. The molecule has 0 saturated heterocycles. The Kier molecular flexibility index (Phi) is 4.27. The molecular formula is C15H21N3O2. The van der Waals surface area contributed by atoms with Crippen LogP contribution in [0.5, 0.6) is 0 Å². The molecular weight excluding hydrogens is 254 g/mol. The number of nitrogens with zero attached hydrogens (tertiary/aromatic N) is 1. The largest absolute Gasteiger partial charge is 0.360 e. The molecule has 5 heteroatoms. The zero-order valence-electron chi connectivity index (χ0n) is 12.2. The molecule has 20 heavy (non-hydrogen) atoms. The van der Waals surface area contributed by atoms with Crippen molar-refractivity contribution < 1.29 is 9.59 Å². The average molecular weight is 275 g/mol. The highest BCUT2D eigenvalue weighted by atomic mass is 16.2. The maximum Gasteiger partial charge on any atom is 0.321 e. The van der Waals surface area contributed by atoms with Gasteiger partial charge in [-0.2, -0.15) is 0 Å². The van der Waals surface area contributed by atoms with Crippen LogP contribution in [-0.4, -0.2) is 31.6 Å². The molecule has 1 atom stereocenters. The van der Waals surface area contributed by atoms with E-state index < -0.39 is 6.03 Å². The van der Waals surface area contributed by atoms with E-state index in [1.54, 1.807) is 0 Å². The molecule has 1 aliphatic rings. The number of imide groups is 1. The first-order valence-electron chi connectivity index (χ1n) is 6.91. The molecule has 1 aliphatic heterocycles. The average Bonchev–Trinajstić information content (AvgIpc) is 2.45. The highest BCUT2D eigenvalue weighted by molar-refractivity contribution is 5.98. The van der Waals surface area contributed by atoms with E-state index in [2.05, 4.69) is 40.7 Å². The Hall–Kier alpha value is -2.04. The lowest BCUT2D eigenvalue weighted by Crippen LogP contribution is -2.50. The van der Waals surface area contributed by atoms with Crippen molar-refractivity contribution in [2.24, 2.45) is 0 Å². The number of fused-ring (bicyclic) bond motifs is 1. The van der Waals surface area contributed by atoms with E-state index in [9.17, 15) is 9.59 Å². The summed E-state index contributed by atoms with van der Waals surface area (Å²) in [6.45, 7) is 4.73. The van der Waals surface area contributed by atoms with Gasteiger partial charge in [0.2, 0.25) is 5.91 Å². The number of nitrogens with one attached hydrogen (secondary N) is 2. The number of carbonyl (C=O) groups excluding carboxylic acids is 2. The summed E-state index contributed by atoms with van der Waals surface area (Å²) in [5.41, 5.74) is 3.60. The number of aryl methyl sites for hydroxylation is 2. The molecule has 0 radical (unpaired) electrons. The van der Waals surface area contributed by atoms with Crippen LogP contribution in [0, 0.1) is 6.92 Å². The molecule has 2 rings (SSSR count). The van der Waals surface area contributed by atoms with Crippen LogP contribution in [0.3, 0.4) is 0 Å². The van der Waals surface area contributed by atoms with Crippen molar-refractivity contribution in [1.29, 1.82) is 0 Å². The molecule has 1 heterocycles. The zero-order chi connectivity index (χ0) is 14.7. The highest BCUT2D eigenvalue weighted by Gasteiger charge is 2.26. The lowest BCUT2D eigenvalue weighted by Gasteiger charge is -2.35. The molecule has 2 N–H and O–H groups in total. The lowest BCUT2D eigenvalue weighted by molar-refractivity contribution is -0.121. The number of hydrogen-bond donors (Lipinski definition) is 2. The van der Waals surface area contributed by atoms with Gasteiger partial charge in [0.15, 0.2) is 0 Å². The minimum atomic E-state index is -0.469. The summed E-state index contributed by atoms with van der Waals surface area (Å²) in [7, 11) is 1.49. The van der Waals surface area contributed by atoms with Crippen LogP contribution in [0.15, 0.2) is 18.2 Å². The van der Waals surface area contributed by atoms with E-state index in [1.165, 1.54) is 18.2 Å². The third kappa shape index (κ3) is 2.92. The van der Waals surface area contributed by atoms with Gasteiger partial charge in [-0.25, -0.2) is 4.79 Å². The van der Waals surface area contributed by atoms with Crippen molar-refractivity contribution in [3.8, 4) is 0 Å². The molecule has 0 aromatic heterocycles. The van der Waals surface area contributed by atoms with Gasteiger partial charge in [0.1, 0.15) is 6.04 Å². The van der Waals surface area contributed by atoms with Crippen molar-refractivity contribution in [2.45, 2.75) is 32.7 Å². The highest BCUT2D eigenvalue weighted by Crippen LogP contribution is 2.29. The number of carbonyl (C=O) groups is 2. The maximum atomic E-state index is 12.1. The van der Waals surface area contributed by atoms with Crippen LogP contribution in [0.4, 0.5) is 10.5 Å². The fourth-order valence-electron chi connectivity index (χ4n) is 2.58. The quantitative estimate of drug-likeness (QED) is 0.861. The van der Waals surface area contributed by atoms with Gasteiger partial charge in [-0.15, -0.1) is 0 Å². The summed E-state index contributed by atoms with van der Waals surface area (Å²) in [6.07, 6.45) is 2.06. The van der Waals surface area contributed by atoms with Crippen LogP contribution in [0.1, 0.15) is 24.5 Å². The topological polar surface area (TPSA) is 61.4 Å². The van der Waals surface area contributed by atoms with Gasteiger partial charge in [-0.3, -0.25) is 10.1 Å². The smallest absolute Gasteiger partial charge is 0.321 e. The fourth-order valence-corrected chi connectivity index (χ4v) is 2.58. The van der Waals surface area contributed by atoms with Gasteiger partial charge >= 0.3 is 6.03 Å². The second-order valence-electron chi connectivity index (χ2n) is 5.17. The third-order valence-electron chi connectivity index (χ3n) is 3.70. The van der Waals surface area contributed by atoms with Crippen LogP contribution >= 0.6 is 0 Å². The number of benzene rings is 1. The van der Waals surface area contributed by atoms with Gasteiger partial charge < -0.3 is 10.2 Å². The normalized spacial score (nSPS) is 15.2. The summed E-state index contributed by atoms with van der Waals surface area (Å²) in [5.74, 6) is -0.280. The molecule has 0 bridgehead atoms. The fraction of sp³-hybridized carbons (Fsp3) is 0.467. The van der Waals surface area contributed by atoms with E-state index in [0.29, 0.717) is 0 Å². The second kappa shape index (κ2) is 5.94. The van der Waals surface area contributed by atoms with Crippen molar-refractivity contribution in [1.82, 2.24) is 10.6 Å². The standard InChI is InChI=1S/C15H21N3O2/c1-10-6-7-13-12(9-10)5-4-8-18(13)11(2)14(19)17-15(20)16-3/h6-7,9,11H,4-5,8H2,1-3H3,(H2,16,17,19,20)/t11-/m0/s1. The Bertz CT molecular complexity index is 528. The number of urea groups is 1. The SMILES string of the molecule is CNC(=O)NC(=O)[C@H](C)N1CCCc2cc(C)ccc21. The minimum Gasteiger partial charge on any atom is -0.360 e. The van der Waals surface area contributed by atoms with E-state index in [0.717, 1.165) is 25.1 Å². The molecule has 0 unspecified atom stereocenters. The second-order valence-corrected chi connectivity index (χ2v) is 5.17. The monoisotopic (exact) mass is 275 g/mol. The maximum absolute atomic E-state index is 12.1. The molecule has 1 aromatic rings. The first kappa shape index (κ1) is 14.4. The van der Waals surface area contributed by atoms with Gasteiger partial charge in [-0.05, 0) is 38.3 Å². The minimum absolute atomic E-state index is 0.280. The molecule has 0 fully saturated rings. The van der Waals surface area contributed by atoms with E-state index >= 15 is 0 Å². The summed E-state index contributed by atoms with van der Waals surface area (Å²) in [6, 6.07) is 5.45. The molecule has 0 saturated carbocycles. The number of anilines is 1. The van der Waals surface area contributed by atoms with E-state index in [-0.39, 0.29) is 11.9 Å². The van der Waals surface area contributed by atoms with Gasteiger partial charge in [0, 0.05) is 19.3 Å². The summed E-state index contributed by atoms with van der Waals surface area (Å²) in [5, 5.41) is 4.73. The third-order valence-corrected chi connectivity index (χ3v) is 3.70. The predicted octanol–water partition coefficient (Wildman–Crippen LogP) is 1.59. The van der Waals surface area contributed by atoms with Gasteiger partial charge in [0.05, 0.1) is 0 Å². The van der Waals surface area contributed by atoms with Crippen LogP contribution in [-0.2, 0) is 11.2 Å². The van der Waals surface area contributed by atoms with Crippen molar-refractivity contribution in [3.05, 3.63) is 29.3 Å². The lowest BCUT2D eigenvalue weighted by atomic mass is 9.98. The van der Waals surface area contributed by atoms with Gasteiger partial charge in [0.25, 0.3) is 0 Å². The van der Waals surface area contributed by atoms with Crippen LogP contribution < -0.4 is 15.5 Å². The van der Waals surface area contributed by atoms with Crippen molar-refractivity contribution in [3.63, 3.8) is 0 Å². The van der Waals surface area contributed by atoms with Crippen molar-refractivity contribution in [2.75, 3.05) is 18.5 Å². The van der Waals surface area contributed by atoms with Crippen LogP contribution in [0.25, 0.3) is 0 Å². The summed E-state index contributed by atoms with van der Waals surface area (Å²) >= 11 is 0. The Morgan fingerprint density at radius 2 is 2.10 bits per heavy atom. The Balaban J connectivity index is 2.18. The predicted molar refractivity (Wildman–Crippen MR) is 78.9 cm³/mol. The number of rotatable bonds is 2. The van der Waals surface area contributed by atoms with Crippen LogP contribution in [0.2, 0.25) is 0 Å². The summed E-state index contributed by atoms with van der Waals surface area (Å²) in [4.78, 5) is 25.4. The first-order valence-corrected chi connectivity index (χ1v) is 6.91. The van der Waals surface area contributed by atoms with E-state index in [1.807, 2.05) is 6.92 Å².